The van der Waals surface area contributed by atoms with Gasteiger partial charge in [0.2, 0.25) is 17.7 Å². The van der Waals surface area contributed by atoms with Crippen molar-refractivity contribution in [2.24, 2.45) is 0 Å². The number of carboxylic acid groups (broad SMARTS) is 1. The Kier molecular flexibility index (Phi) is 21.0. The third-order valence-corrected chi connectivity index (χ3v) is 13.2. The number of carboxylic acids is 1. The monoisotopic (exact) mass is 1300 g/mol. The van der Waals surface area contributed by atoms with Gasteiger partial charge in [-0.2, -0.15) is 10.2 Å². The van der Waals surface area contributed by atoms with Crippen LogP contribution in [0.1, 0.15) is 58.8 Å². The Morgan fingerprint density at radius 2 is 1.12 bits per heavy atom. The number of carbonyl (C=O) groups excluding carboxylic acids is 5. The molecule has 6 aromatic heterocycles. The fraction of sp³-hybridized carbons (Fsp3) is 0.296. The minimum atomic E-state index is -1.38. The summed E-state index contributed by atoms with van der Waals surface area (Å²) in [5, 5.41) is 26.5. The molecule has 2 aromatic carbocycles. The zero-order valence-electron chi connectivity index (χ0n) is 45.5. The first-order valence-corrected chi connectivity index (χ1v) is 26.8. The molecule has 440 valence electrons. The summed E-state index contributed by atoms with van der Waals surface area (Å²) in [6.07, 6.45) is 4.17. The van der Waals surface area contributed by atoms with Crippen LogP contribution in [0.5, 0.6) is 35.0 Å². The Balaban J connectivity index is 0.000000199. The normalized spacial score (nSPS) is 16.0. The molecule has 4 N–H and O–H groups in total. The molecule has 0 aliphatic carbocycles. The first-order valence-electron chi connectivity index (χ1n) is 25.2. The van der Waals surface area contributed by atoms with Crippen LogP contribution in [-0.2, 0) is 32.3 Å². The lowest BCUT2D eigenvalue weighted by Gasteiger charge is -2.23. The number of aromatic nitrogens is 10. The molecule has 2 saturated heterocycles. The van der Waals surface area contributed by atoms with Gasteiger partial charge in [-0.15, -0.1) is 12.4 Å². The van der Waals surface area contributed by atoms with Gasteiger partial charge in [0.15, 0.2) is 11.6 Å². The number of halogens is 5. The maximum absolute atomic E-state index is 14.5. The Bertz CT molecular complexity index is 3750. The quantitative estimate of drug-likeness (QED) is 0.0526. The number of Topliss-reactive ketones (excluding diaryl/α,β-unsaturated/α-hetero) is 2. The van der Waals surface area contributed by atoms with Gasteiger partial charge in [0.25, 0.3) is 0 Å². The second kappa shape index (κ2) is 28.1. The number of ether oxygens (including phenoxy) is 4. The van der Waals surface area contributed by atoms with Crippen LogP contribution in [0.4, 0.5) is 20.4 Å². The van der Waals surface area contributed by atoms with E-state index in [9.17, 15) is 37.5 Å². The van der Waals surface area contributed by atoms with Crippen molar-refractivity contribution in [3.63, 3.8) is 0 Å². The highest BCUT2D eigenvalue weighted by Crippen LogP contribution is 2.31. The summed E-state index contributed by atoms with van der Waals surface area (Å²) in [7, 11) is 3.00. The Morgan fingerprint density at radius 3 is 1.55 bits per heavy atom. The van der Waals surface area contributed by atoms with Crippen molar-refractivity contribution in [2.75, 3.05) is 37.9 Å². The van der Waals surface area contributed by atoms with Crippen LogP contribution in [0.3, 0.4) is 0 Å². The summed E-state index contributed by atoms with van der Waals surface area (Å²) in [6.45, 7) is 5.79. The third-order valence-electron chi connectivity index (χ3n) is 12.4. The molecule has 84 heavy (non-hydrogen) atoms. The van der Waals surface area contributed by atoms with Gasteiger partial charge in [0.05, 0.1) is 37.8 Å². The number of carbonyl (C=O) groups is 6. The molecule has 4 atom stereocenters. The van der Waals surface area contributed by atoms with E-state index in [0.717, 1.165) is 11.1 Å². The van der Waals surface area contributed by atoms with Crippen molar-refractivity contribution in [3.05, 3.63) is 117 Å². The molecule has 8 heterocycles. The molecule has 30 heteroatoms. The second-order valence-electron chi connectivity index (χ2n) is 18.8. The number of methoxy groups -OCH3 is 2. The van der Waals surface area contributed by atoms with Crippen molar-refractivity contribution in [2.45, 2.75) is 78.1 Å². The number of rotatable bonds is 16. The lowest BCUT2D eigenvalue weighted by atomic mass is 10.1. The third kappa shape index (κ3) is 16.1. The van der Waals surface area contributed by atoms with E-state index in [1.807, 2.05) is 13.8 Å². The number of likely N-dealkylation sites (tertiary alicyclic amines) is 1. The van der Waals surface area contributed by atoms with E-state index >= 15 is 0 Å². The fourth-order valence-corrected chi connectivity index (χ4v) is 9.40. The van der Waals surface area contributed by atoms with Crippen molar-refractivity contribution >= 4 is 113 Å². The minimum absolute atomic E-state index is 0. The average Bonchev–Trinajstić information content (AvgIpc) is 2.89. The average molecular weight is 1310 g/mol. The number of aliphatic carboxylic acids is 1. The van der Waals surface area contributed by atoms with E-state index in [1.54, 1.807) is 79.4 Å². The summed E-state index contributed by atoms with van der Waals surface area (Å²) < 4.78 is 52.7. The number of nitrogens with zero attached hydrogens (tertiary/aromatic N) is 11. The van der Waals surface area contributed by atoms with Crippen LogP contribution >= 0.6 is 44.3 Å². The molecule has 8 aromatic rings. The van der Waals surface area contributed by atoms with E-state index < -0.39 is 42.2 Å². The standard InChI is InChI=1S/C27H25BrFN7O5.C16H14N4O4.C11H13BrFN3O2.ClH/c1-14-10-30-27(31-11-14)41-17-4-5-20-19(7-17)25(15(2)37)34-36(20)13-24(38)35-12-16(29)6-21(35)26(39)33-23-9-18(40-3)8-22(28)32-23;1-9-6-17-16(18-7-9)24-11-3-4-13-12(5-11)15(10(2)21)19-20(13)8-14(22)23;1-18-7-3-9(12)15-10(4-7)16-11(17)8-2-6(13)5-14-8;/h4-5,7-11,16,21H,6,12-13H2,1-3H3,(H,32,33,39);3-7H,8H2,1-2H3,(H,22,23);3-4,6,8,14H,2,5H2,1H3,(H,15,16,17);1H/t16-,21+;;6-,8+;/m1.1./s1. The largest absolute Gasteiger partial charge is 0.497 e. The molecule has 2 aliphatic rings. The van der Waals surface area contributed by atoms with Crippen molar-refractivity contribution in [1.82, 2.24) is 59.7 Å². The molecule has 0 saturated carbocycles. The highest BCUT2D eigenvalue weighted by Gasteiger charge is 2.40. The number of ketones is 2. The predicted octanol–water partition coefficient (Wildman–Crippen LogP) is 8.00. The van der Waals surface area contributed by atoms with E-state index in [-0.39, 0.29) is 98.1 Å². The molecular weight excluding hydrogens is 1250 g/mol. The van der Waals surface area contributed by atoms with Crippen LogP contribution in [0.15, 0.2) is 94.7 Å². The molecule has 2 aliphatic heterocycles. The molecule has 2 fully saturated rings. The highest BCUT2D eigenvalue weighted by molar-refractivity contribution is 9.10. The van der Waals surface area contributed by atoms with Crippen LogP contribution in [-0.4, -0.2) is 146 Å². The number of nitrogens with one attached hydrogen (secondary N) is 3. The SMILES string of the molecule is CC(=O)c1nn(CC(=O)O)c2ccc(Oc3ncc(C)cn3)cc12.COc1cc(Br)nc(NC(=O)[C@@H]2C[C@@H](F)CN2)c1.COc1cc(Br)nc(NC(=O)[C@@H]2C[C@@H](F)CN2C(=O)Cn2nc(C(C)=O)c3cc(Oc4ncc(C)cn4)ccc32)c1.Cl. The Morgan fingerprint density at radius 1 is 0.655 bits per heavy atom. The predicted molar refractivity (Wildman–Crippen MR) is 309 cm³/mol. The smallest absolute Gasteiger partial charge is 0.325 e. The number of anilines is 2. The number of hydrogen-bond donors (Lipinski definition) is 4. The van der Waals surface area contributed by atoms with Gasteiger partial charge in [-0.25, -0.2) is 38.7 Å². The van der Waals surface area contributed by atoms with E-state index in [4.69, 9.17) is 24.1 Å². The maximum atomic E-state index is 14.5. The lowest BCUT2D eigenvalue weighted by Crippen LogP contribution is -2.44. The topological polar surface area (TPSA) is 312 Å². The van der Waals surface area contributed by atoms with Crippen LogP contribution in [0, 0.1) is 13.8 Å². The van der Waals surface area contributed by atoms with E-state index in [2.05, 4.69) is 87.9 Å². The Labute approximate surface area is 499 Å². The number of benzene rings is 2. The number of hydrogen-bond acceptors (Lipinski definition) is 19. The summed E-state index contributed by atoms with van der Waals surface area (Å²) in [6, 6.07) is 15.0. The summed E-state index contributed by atoms with van der Waals surface area (Å²) in [4.78, 5) is 99.2. The van der Waals surface area contributed by atoms with Gasteiger partial charge >= 0.3 is 18.0 Å². The zero-order chi connectivity index (χ0) is 59.6. The molecule has 25 nitrogen and oxygen atoms in total. The van der Waals surface area contributed by atoms with Gasteiger partial charge in [-0.3, -0.25) is 38.1 Å². The second-order valence-corrected chi connectivity index (χ2v) is 20.4. The highest BCUT2D eigenvalue weighted by atomic mass is 79.9. The first-order chi connectivity index (χ1) is 39.6. The molecule has 3 amide bonds. The summed E-state index contributed by atoms with van der Waals surface area (Å²) >= 11 is 6.47. The van der Waals surface area contributed by atoms with Gasteiger partial charge in [-0.05, 0) is 93.2 Å². The van der Waals surface area contributed by atoms with Crippen molar-refractivity contribution in [1.29, 1.82) is 0 Å². The van der Waals surface area contributed by atoms with Gasteiger partial charge < -0.3 is 44.9 Å². The van der Waals surface area contributed by atoms with Gasteiger partial charge in [0.1, 0.15) is 86.7 Å². The minimum Gasteiger partial charge on any atom is -0.497 e. The number of alkyl halides is 2. The molecule has 0 spiro atoms. The maximum Gasteiger partial charge on any atom is 0.325 e. The number of pyridine rings is 2. The number of amides is 3. The number of fused-ring (bicyclic) bond motifs is 2. The van der Waals surface area contributed by atoms with Crippen LogP contribution in [0.25, 0.3) is 21.8 Å². The number of aryl methyl sites for hydroxylation is 2. The van der Waals surface area contributed by atoms with Crippen molar-refractivity contribution in [3.8, 4) is 35.0 Å². The lowest BCUT2D eigenvalue weighted by molar-refractivity contribution is -0.138. The molecular formula is C54H53Br2ClF2N14O11. The Hall–Kier alpha value is -8.67. The van der Waals surface area contributed by atoms with Crippen molar-refractivity contribution < 1.29 is 61.6 Å². The summed E-state index contributed by atoms with van der Waals surface area (Å²) in [5.41, 5.74) is 3.15. The summed E-state index contributed by atoms with van der Waals surface area (Å²) in [5.74, 6) is -0.606. The van der Waals surface area contributed by atoms with Crippen LogP contribution in [0.2, 0.25) is 0 Å². The molecule has 0 bridgehead atoms. The van der Waals surface area contributed by atoms with E-state index in [0.29, 0.717) is 59.8 Å². The molecule has 0 unspecified atom stereocenters. The van der Waals surface area contributed by atoms with Crippen LogP contribution < -0.4 is 34.9 Å². The molecule has 10 rings (SSSR count). The fourth-order valence-electron chi connectivity index (χ4n) is 8.56. The molecule has 0 radical (unpaired) electrons. The van der Waals surface area contributed by atoms with Gasteiger partial charge in [-0.1, -0.05) is 0 Å². The zero-order valence-corrected chi connectivity index (χ0v) is 49.5. The van der Waals surface area contributed by atoms with Gasteiger partial charge in [0, 0.05) is 93.1 Å². The van der Waals surface area contributed by atoms with E-state index in [1.165, 1.54) is 48.4 Å². The first kappa shape index (κ1) is 62.9.